The average Bonchev–Trinajstić information content (AvgIpc) is 3.00. The zero-order valence-corrected chi connectivity index (χ0v) is 15.2. The highest BCUT2D eigenvalue weighted by Crippen LogP contribution is 2.29. The third-order valence-corrected chi connectivity index (χ3v) is 5.71. The fourth-order valence-electron chi connectivity index (χ4n) is 2.86. The Bertz CT molecular complexity index is 1000. The van der Waals surface area contributed by atoms with Crippen LogP contribution in [0.15, 0.2) is 47.4 Å². The van der Waals surface area contributed by atoms with Crippen LogP contribution in [0.4, 0.5) is 11.4 Å². The van der Waals surface area contributed by atoms with Crippen LogP contribution in [0.3, 0.4) is 0 Å². The standard InChI is InChI=1S/C18H18N2O6S/c1-11-2-7-16(21)15(8-11)19-27(25,26)14-5-3-13(4-6-14)20-10-12(18(23)24)9-17(20)22/h2-8,12,19,21H,9-10H2,1H3,(H,23,24)/t12-/m1/s1. The number of carboxylic acid groups (broad SMARTS) is 1. The van der Waals surface area contributed by atoms with Crippen molar-refractivity contribution in [2.75, 3.05) is 16.2 Å². The number of carbonyl (C=O) groups excluding carboxylic acids is 1. The van der Waals surface area contributed by atoms with Gasteiger partial charge in [-0.1, -0.05) is 6.07 Å². The molecule has 1 fully saturated rings. The molecule has 0 aliphatic carbocycles. The number of aromatic hydroxyl groups is 1. The van der Waals surface area contributed by atoms with Crippen LogP contribution in [-0.2, 0) is 19.6 Å². The van der Waals surface area contributed by atoms with Crippen LogP contribution in [0.5, 0.6) is 5.75 Å². The van der Waals surface area contributed by atoms with Crippen LogP contribution in [-0.4, -0.2) is 37.1 Å². The number of hydrogen-bond donors (Lipinski definition) is 3. The van der Waals surface area contributed by atoms with Crippen LogP contribution < -0.4 is 9.62 Å². The summed E-state index contributed by atoms with van der Waals surface area (Å²) in [6.45, 7) is 1.82. The molecule has 1 amide bonds. The van der Waals surface area contributed by atoms with Gasteiger partial charge in [0.25, 0.3) is 10.0 Å². The van der Waals surface area contributed by atoms with E-state index in [9.17, 15) is 23.1 Å². The molecule has 3 N–H and O–H groups in total. The number of carbonyl (C=O) groups is 2. The molecular weight excluding hydrogens is 372 g/mol. The van der Waals surface area contributed by atoms with E-state index in [0.717, 1.165) is 5.56 Å². The zero-order valence-electron chi connectivity index (χ0n) is 14.4. The maximum absolute atomic E-state index is 12.5. The number of hydrogen-bond acceptors (Lipinski definition) is 5. The normalized spacial score (nSPS) is 17.1. The molecule has 8 nitrogen and oxygen atoms in total. The number of rotatable bonds is 5. The zero-order chi connectivity index (χ0) is 19.8. The second-order valence-electron chi connectivity index (χ2n) is 6.36. The van der Waals surface area contributed by atoms with Crippen molar-refractivity contribution >= 4 is 33.3 Å². The van der Waals surface area contributed by atoms with E-state index in [4.69, 9.17) is 5.11 Å². The van der Waals surface area contributed by atoms with Gasteiger partial charge in [-0.2, -0.15) is 0 Å². The van der Waals surface area contributed by atoms with Gasteiger partial charge < -0.3 is 15.1 Å². The Morgan fingerprint density at radius 2 is 1.85 bits per heavy atom. The second-order valence-corrected chi connectivity index (χ2v) is 8.05. The van der Waals surface area contributed by atoms with Crippen molar-refractivity contribution in [3.8, 4) is 5.75 Å². The quantitative estimate of drug-likeness (QED) is 0.670. The third-order valence-electron chi connectivity index (χ3n) is 4.33. The highest BCUT2D eigenvalue weighted by atomic mass is 32.2. The maximum atomic E-state index is 12.5. The van der Waals surface area contributed by atoms with Gasteiger partial charge in [0.05, 0.1) is 16.5 Å². The highest BCUT2D eigenvalue weighted by molar-refractivity contribution is 7.92. The summed E-state index contributed by atoms with van der Waals surface area (Å²) in [4.78, 5) is 24.3. The summed E-state index contributed by atoms with van der Waals surface area (Å²) in [6, 6.07) is 10.1. The van der Waals surface area contributed by atoms with Crippen molar-refractivity contribution in [3.05, 3.63) is 48.0 Å². The van der Waals surface area contributed by atoms with Gasteiger partial charge in [-0.3, -0.25) is 14.3 Å². The van der Waals surface area contributed by atoms with E-state index in [2.05, 4.69) is 4.72 Å². The molecule has 2 aromatic carbocycles. The summed E-state index contributed by atoms with van der Waals surface area (Å²) < 4.78 is 27.4. The first-order valence-electron chi connectivity index (χ1n) is 8.13. The van der Waals surface area contributed by atoms with Gasteiger partial charge in [-0.15, -0.1) is 0 Å². The molecule has 1 atom stereocenters. The van der Waals surface area contributed by atoms with Gasteiger partial charge in [0.15, 0.2) is 0 Å². The number of amides is 1. The van der Waals surface area contributed by atoms with Gasteiger partial charge in [-0.05, 0) is 48.9 Å². The van der Waals surface area contributed by atoms with Gasteiger partial charge in [0, 0.05) is 18.7 Å². The van der Waals surface area contributed by atoms with Crippen molar-refractivity contribution in [1.29, 1.82) is 0 Å². The van der Waals surface area contributed by atoms with E-state index in [1.165, 1.54) is 41.3 Å². The van der Waals surface area contributed by atoms with E-state index in [1.807, 2.05) is 0 Å². The molecule has 0 bridgehead atoms. The lowest BCUT2D eigenvalue weighted by atomic mass is 10.1. The number of aryl methyl sites for hydroxylation is 1. The molecule has 1 aliphatic rings. The molecule has 0 spiro atoms. The number of nitrogens with one attached hydrogen (secondary N) is 1. The molecule has 142 valence electrons. The van der Waals surface area contributed by atoms with Crippen LogP contribution in [0.25, 0.3) is 0 Å². The predicted octanol–water partition coefficient (Wildman–Crippen LogP) is 1.94. The molecule has 1 saturated heterocycles. The third kappa shape index (κ3) is 3.87. The Morgan fingerprint density at radius 1 is 1.19 bits per heavy atom. The lowest BCUT2D eigenvalue weighted by molar-refractivity contribution is -0.141. The van der Waals surface area contributed by atoms with Gasteiger partial charge in [0.2, 0.25) is 5.91 Å². The van der Waals surface area contributed by atoms with E-state index in [-0.39, 0.29) is 35.2 Å². The summed E-state index contributed by atoms with van der Waals surface area (Å²) in [5, 5.41) is 18.9. The fraction of sp³-hybridized carbons (Fsp3) is 0.222. The molecule has 0 unspecified atom stereocenters. The number of aliphatic carboxylic acids is 1. The minimum atomic E-state index is -3.94. The van der Waals surface area contributed by atoms with E-state index >= 15 is 0 Å². The first kappa shape index (κ1) is 18.7. The minimum Gasteiger partial charge on any atom is -0.506 e. The average molecular weight is 390 g/mol. The van der Waals surface area contributed by atoms with Crippen LogP contribution in [0, 0.1) is 12.8 Å². The Labute approximate surface area is 156 Å². The number of nitrogens with zero attached hydrogens (tertiary/aromatic N) is 1. The summed E-state index contributed by atoms with van der Waals surface area (Å²) in [5.41, 5.74) is 1.28. The summed E-state index contributed by atoms with van der Waals surface area (Å²) in [7, 11) is -3.94. The molecule has 27 heavy (non-hydrogen) atoms. The topological polar surface area (TPSA) is 124 Å². The van der Waals surface area contributed by atoms with Crippen molar-refractivity contribution in [2.24, 2.45) is 5.92 Å². The smallest absolute Gasteiger partial charge is 0.308 e. The largest absolute Gasteiger partial charge is 0.506 e. The summed E-state index contributed by atoms with van der Waals surface area (Å²) in [6.07, 6.45) is -0.0798. The lowest BCUT2D eigenvalue weighted by Gasteiger charge is -2.17. The Balaban J connectivity index is 1.81. The number of carboxylic acids is 1. The number of phenols is 1. The molecule has 1 aliphatic heterocycles. The van der Waals surface area contributed by atoms with Crippen molar-refractivity contribution in [2.45, 2.75) is 18.2 Å². The van der Waals surface area contributed by atoms with Gasteiger partial charge in [0.1, 0.15) is 5.75 Å². The van der Waals surface area contributed by atoms with E-state index < -0.39 is 21.9 Å². The molecule has 9 heteroatoms. The molecule has 0 aromatic heterocycles. The molecule has 0 radical (unpaired) electrons. The number of phenolic OH excluding ortho intramolecular Hbond substituents is 1. The monoisotopic (exact) mass is 390 g/mol. The molecule has 2 aromatic rings. The van der Waals surface area contributed by atoms with Gasteiger partial charge in [-0.25, -0.2) is 8.42 Å². The minimum absolute atomic E-state index is 0.0476. The van der Waals surface area contributed by atoms with Crippen LogP contribution in [0.2, 0.25) is 0 Å². The molecule has 3 rings (SSSR count). The fourth-order valence-corrected chi connectivity index (χ4v) is 3.93. The SMILES string of the molecule is Cc1ccc(O)c(NS(=O)(=O)c2ccc(N3C[C@H](C(=O)O)CC3=O)cc2)c1. The van der Waals surface area contributed by atoms with Crippen LogP contribution >= 0.6 is 0 Å². The van der Waals surface area contributed by atoms with E-state index in [1.54, 1.807) is 13.0 Å². The number of sulfonamides is 1. The highest BCUT2D eigenvalue weighted by Gasteiger charge is 2.35. The Hall–Kier alpha value is -3.07. The maximum Gasteiger partial charge on any atom is 0.308 e. The van der Waals surface area contributed by atoms with Gasteiger partial charge >= 0.3 is 5.97 Å². The predicted molar refractivity (Wildman–Crippen MR) is 98.2 cm³/mol. The Kier molecular flexibility index (Phi) is 4.79. The van der Waals surface area contributed by atoms with Crippen molar-refractivity contribution < 1.29 is 28.2 Å². The summed E-state index contributed by atoms with van der Waals surface area (Å²) in [5.74, 6) is -2.32. The molecule has 1 heterocycles. The Morgan fingerprint density at radius 3 is 2.44 bits per heavy atom. The van der Waals surface area contributed by atoms with Crippen molar-refractivity contribution in [1.82, 2.24) is 0 Å². The summed E-state index contributed by atoms with van der Waals surface area (Å²) >= 11 is 0. The van der Waals surface area contributed by atoms with Crippen LogP contribution in [0.1, 0.15) is 12.0 Å². The first-order valence-corrected chi connectivity index (χ1v) is 9.61. The second kappa shape index (κ2) is 6.92. The lowest BCUT2D eigenvalue weighted by Crippen LogP contribution is -2.25. The van der Waals surface area contributed by atoms with Crippen molar-refractivity contribution in [3.63, 3.8) is 0 Å². The number of anilines is 2. The molecule has 0 saturated carbocycles. The van der Waals surface area contributed by atoms with E-state index in [0.29, 0.717) is 5.69 Å². The first-order chi connectivity index (χ1) is 12.7. The number of benzene rings is 2. The molecular formula is C18H18N2O6S.